The molecule has 0 heterocycles. The van der Waals surface area contributed by atoms with Gasteiger partial charge >= 0.3 is 0 Å². The minimum Gasteiger partial charge on any atom is -0.311 e. The van der Waals surface area contributed by atoms with Crippen LogP contribution in [0.2, 0.25) is 0 Å². The topological polar surface area (TPSA) is 12.0 Å². The van der Waals surface area contributed by atoms with Gasteiger partial charge in [-0.2, -0.15) is 8.78 Å². The summed E-state index contributed by atoms with van der Waals surface area (Å²) in [5.74, 6) is -1.45. The highest BCUT2D eigenvalue weighted by atomic mass is 19.3. The Morgan fingerprint density at radius 1 is 1.31 bits per heavy atom. The number of halogens is 2. The van der Waals surface area contributed by atoms with Crippen molar-refractivity contribution in [3.63, 3.8) is 0 Å². The van der Waals surface area contributed by atoms with Gasteiger partial charge in [-0.05, 0) is 24.8 Å². The summed E-state index contributed by atoms with van der Waals surface area (Å²) in [4.78, 5) is 0. The van der Waals surface area contributed by atoms with Crippen LogP contribution in [0.15, 0.2) is 30.3 Å². The van der Waals surface area contributed by atoms with Crippen LogP contribution in [-0.4, -0.2) is 13.1 Å². The van der Waals surface area contributed by atoms with Crippen LogP contribution >= 0.6 is 0 Å². The Balaban J connectivity index is 1.83. The lowest BCUT2D eigenvalue weighted by Crippen LogP contribution is -2.32. The molecule has 1 nitrogen and oxygen atoms in total. The predicted octanol–water partition coefficient (Wildman–Crippen LogP) is 3.02. The van der Waals surface area contributed by atoms with E-state index < -0.39 is 5.92 Å². The zero-order chi connectivity index (χ0) is 11.6. The van der Waals surface area contributed by atoms with Gasteiger partial charge in [0.05, 0.1) is 6.54 Å². The minimum atomic E-state index is -2.76. The van der Waals surface area contributed by atoms with E-state index in [2.05, 4.69) is 12.2 Å². The molecular formula is C13H17F2N. The first-order valence-corrected chi connectivity index (χ1v) is 5.73. The van der Waals surface area contributed by atoms with Crippen LogP contribution in [0.25, 0.3) is 0 Å². The van der Waals surface area contributed by atoms with Gasteiger partial charge < -0.3 is 5.32 Å². The van der Waals surface area contributed by atoms with Crippen molar-refractivity contribution in [3.8, 4) is 0 Å². The molecule has 0 aromatic heterocycles. The fourth-order valence-electron chi connectivity index (χ4n) is 1.88. The Bertz CT molecular complexity index is 337. The molecule has 1 aromatic rings. The second-order valence-electron chi connectivity index (χ2n) is 4.67. The van der Waals surface area contributed by atoms with Crippen LogP contribution in [0.5, 0.6) is 0 Å². The van der Waals surface area contributed by atoms with Gasteiger partial charge in [0.25, 0.3) is 5.92 Å². The van der Waals surface area contributed by atoms with Crippen LogP contribution in [0.1, 0.15) is 18.9 Å². The molecule has 2 unspecified atom stereocenters. The summed E-state index contributed by atoms with van der Waals surface area (Å²) >= 11 is 0. The smallest absolute Gasteiger partial charge is 0.285 e. The molecule has 0 amide bonds. The Morgan fingerprint density at radius 3 is 2.50 bits per heavy atom. The van der Waals surface area contributed by atoms with E-state index in [1.807, 2.05) is 0 Å². The lowest BCUT2D eigenvalue weighted by atomic mass is 10.1. The first kappa shape index (κ1) is 11.5. The van der Waals surface area contributed by atoms with Gasteiger partial charge in [-0.3, -0.25) is 0 Å². The largest absolute Gasteiger partial charge is 0.311 e. The van der Waals surface area contributed by atoms with Crippen molar-refractivity contribution in [1.29, 1.82) is 0 Å². The van der Waals surface area contributed by atoms with Gasteiger partial charge in [0.1, 0.15) is 0 Å². The van der Waals surface area contributed by atoms with Crippen LogP contribution in [0.3, 0.4) is 0 Å². The Labute approximate surface area is 94.9 Å². The molecule has 2 rings (SSSR count). The number of hydrogen-bond acceptors (Lipinski definition) is 1. The maximum atomic E-state index is 13.7. The molecule has 1 aliphatic carbocycles. The first-order chi connectivity index (χ1) is 7.59. The van der Waals surface area contributed by atoms with Gasteiger partial charge in [-0.25, -0.2) is 0 Å². The fraction of sp³-hybridized carbons (Fsp3) is 0.538. The standard InChI is InChI=1S/C13H17F2N/c1-10-7-11(10)8-16-9-13(14,15)12-5-3-2-4-6-12/h2-6,10-11,16H,7-9H2,1H3. The normalized spacial score (nSPS) is 24.4. The van der Waals surface area contributed by atoms with E-state index in [1.165, 1.54) is 18.6 Å². The van der Waals surface area contributed by atoms with Crippen LogP contribution in [-0.2, 0) is 5.92 Å². The van der Waals surface area contributed by atoms with Crippen LogP contribution in [0, 0.1) is 11.8 Å². The van der Waals surface area contributed by atoms with E-state index >= 15 is 0 Å². The number of rotatable bonds is 5. The van der Waals surface area contributed by atoms with Gasteiger partial charge in [0.15, 0.2) is 0 Å². The molecule has 0 spiro atoms. The molecule has 0 bridgehead atoms. The van der Waals surface area contributed by atoms with E-state index in [-0.39, 0.29) is 12.1 Å². The maximum Gasteiger partial charge on any atom is 0.285 e. The summed E-state index contributed by atoms with van der Waals surface area (Å²) < 4.78 is 27.3. The molecule has 1 N–H and O–H groups in total. The number of hydrogen-bond donors (Lipinski definition) is 1. The Hall–Kier alpha value is -0.960. The third-order valence-electron chi connectivity index (χ3n) is 3.23. The molecule has 3 heteroatoms. The summed E-state index contributed by atoms with van der Waals surface area (Å²) in [6.45, 7) is 2.60. The summed E-state index contributed by atoms with van der Waals surface area (Å²) in [6.07, 6.45) is 1.17. The Kier molecular flexibility index (Phi) is 3.24. The third kappa shape index (κ3) is 2.79. The lowest BCUT2D eigenvalue weighted by Gasteiger charge is -2.17. The van der Waals surface area contributed by atoms with Gasteiger partial charge in [-0.15, -0.1) is 0 Å². The average molecular weight is 225 g/mol. The number of nitrogens with one attached hydrogen (secondary N) is 1. The monoisotopic (exact) mass is 225 g/mol. The molecule has 1 saturated carbocycles. The second-order valence-corrected chi connectivity index (χ2v) is 4.67. The highest BCUT2D eigenvalue weighted by Gasteiger charge is 2.34. The van der Waals surface area contributed by atoms with E-state index in [0.29, 0.717) is 18.4 Å². The molecule has 0 aliphatic heterocycles. The van der Waals surface area contributed by atoms with E-state index in [1.54, 1.807) is 18.2 Å². The highest BCUT2D eigenvalue weighted by molar-refractivity contribution is 5.20. The van der Waals surface area contributed by atoms with E-state index in [9.17, 15) is 8.78 Å². The zero-order valence-electron chi connectivity index (χ0n) is 9.42. The van der Waals surface area contributed by atoms with Crippen molar-refractivity contribution in [2.75, 3.05) is 13.1 Å². The summed E-state index contributed by atoms with van der Waals surface area (Å²) in [5.41, 5.74) is 0.0892. The summed E-state index contributed by atoms with van der Waals surface area (Å²) in [7, 11) is 0. The van der Waals surface area contributed by atoms with Crippen LogP contribution in [0.4, 0.5) is 8.78 Å². The highest BCUT2D eigenvalue weighted by Crippen LogP contribution is 2.37. The van der Waals surface area contributed by atoms with Gasteiger partial charge in [0.2, 0.25) is 0 Å². The molecule has 0 radical (unpaired) electrons. The van der Waals surface area contributed by atoms with Crippen molar-refractivity contribution in [1.82, 2.24) is 5.32 Å². The van der Waals surface area contributed by atoms with Crippen molar-refractivity contribution in [3.05, 3.63) is 35.9 Å². The molecule has 16 heavy (non-hydrogen) atoms. The lowest BCUT2D eigenvalue weighted by molar-refractivity contribution is -0.00325. The molecule has 1 fully saturated rings. The maximum absolute atomic E-state index is 13.7. The minimum absolute atomic E-state index is 0.0892. The quantitative estimate of drug-likeness (QED) is 0.812. The fourth-order valence-corrected chi connectivity index (χ4v) is 1.88. The van der Waals surface area contributed by atoms with Crippen molar-refractivity contribution in [2.45, 2.75) is 19.3 Å². The molecule has 1 aromatic carbocycles. The molecular weight excluding hydrogens is 208 g/mol. The predicted molar refractivity (Wildman–Crippen MR) is 60.5 cm³/mol. The van der Waals surface area contributed by atoms with Crippen molar-refractivity contribution < 1.29 is 8.78 Å². The molecule has 88 valence electrons. The SMILES string of the molecule is CC1CC1CNCC(F)(F)c1ccccc1. The zero-order valence-corrected chi connectivity index (χ0v) is 9.42. The van der Waals surface area contributed by atoms with Crippen molar-refractivity contribution >= 4 is 0 Å². The molecule has 1 aliphatic rings. The molecule has 2 atom stereocenters. The van der Waals surface area contributed by atoms with Gasteiger partial charge in [0, 0.05) is 5.56 Å². The number of alkyl halides is 2. The number of benzene rings is 1. The third-order valence-corrected chi connectivity index (χ3v) is 3.23. The van der Waals surface area contributed by atoms with E-state index in [4.69, 9.17) is 0 Å². The average Bonchev–Trinajstić information content (AvgIpc) is 2.96. The van der Waals surface area contributed by atoms with Crippen LogP contribution < -0.4 is 5.32 Å². The first-order valence-electron chi connectivity index (χ1n) is 5.73. The molecule has 0 saturated heterocycles. The summed E-state index contributed by atoms with van der Waals surface area (Å²) in [5, 5.41) is 2.87. The summed E-state index contributed by atoms with van der Waals surface area (Å²) in [6, 6.07) is 7.99. The van der Waals surface area contributed by atoms with E-state index in [0.717, 1.165) is 0 Å². The second kappa shape index (κ2) is 4.50. The van der Waals surface area contributed by atoms with Crippen molar-refractivity contribution in [2.24, 2.45) is 11.8 Å². The Morgan fingerprint density at radius 2 is 1.94 bits per heavy atom. The van der Waals surface area contributed by atoms with Gasteiger partial charge in [-0.1, -0.05) is 37.3 Å².